The van der Waals surface area contributed by atoms with Gasteiger partial charge in [-0.3, -0.25) is 4.98 Å². The van der Waals surface area contributed by atoms with E-state index in [2.05, 4.69) is 16.4 Å². The number of nitriles is 1. The third-order valence-corrected chi connectivity index (χ3v) is 2.59. The molecule has 0 atom stereocenters. The summed E-state index contributed by atoms with van der Waals surface area (Å²) in [4.78, 5) is 3.96. The van der Waals surface area contributed by atoms with Crippen molar-refractivity contribution in [2.45, 2.75) is 6.54 Å². The van der Waals surface area contributed by atoms with Crippen molar-refractivity contribution in [3.8, 4) is 11.8 Å². The number of hydrogen-bond acceptors (Lipinski definition) is 4. The third-order valence-electron chi connectivity index (χ3n) is 2.59. The van der Waals surface area contributed by atoms with Gasteiger partial charge in [0.1, 0.15) is 11.8 Å². The molecule has 0 amide bonds. The first-order valence-electron chi connectivity index (χ1n) is 5.55. The summed E-state index contributed by atoms with van der Waals surface area (Å²) in [6.07, 6.45) is 3.48. The Morgan fingerprint density at radius 3 is 2.72 bits per heavy atom. The van der Waals surface area contributed by atoms with Gasteiger partial charge in [0.25, 0.3) is 0 Å². The van der Waals surface area contributed by atoms with Gasteiger partial charge in [-0.05, 0) is 29.8 Å². The Balaban J connectivity index is 2.21. The van der Waals surface area contributed by atoms with Gasteiger partial charge in [-0.15, -0.1) is 0 Å². The van der Waals surface area contributed by atoms with Gasteiger partial charge in [0.15, 0.2) is 0 Å². The highest BCUT2D eigenvalue weighted by molar-refractivity contribution is 5.66. The second kappa shape index (κ2) is 5.69. The lowest BCUT2D eigenvalue weighted by molar-refractivity contribution is 0.416. The first-order chi connectivity index (χ1) is 8.85. The highest BCUT2D eigenvalue weighted by Gasteiger charge is 2.07. The summed E-state index contributed by atoms with van der Waals surface area (Å²) in [5, 5.41) is 12.3. The van der Waals surface area contributed by atoms with Crippen molar-refractivity contribution in [3.05, 3.63) is 53.9 Å². The van der Waals surface area contributed by atoms with E-state index in [0.717, 1.165) is 11.3 Å². The normalized spacial score (nSPS) is 9.56. The molecule has 4 heteroatoms. The molecule has 0 aliphatic carbocycles. The topological polar surface area (TPSA) is 57.9 Å². The highest BCUT2D eigenvalue weighted by Crippen LogP contribution is 2.28. The Bertz CT molecular complexity index is 561. The summed E-state index contributed by atoms with van der Waals surface area (Å²) in [7, 11) is 1.59. The molecule has 2 aromatic rings. The second-order valence-corrected chi connectivity index (χ2v) is 3.70. The Labute approximate surface area is 106 Å². The summed E-state index contributed by atoms with van der Waals surface area (Å²) in [6, 6.07) is 11.4. The van der Waals surface area contributed by atoms with E-state index in [4.69, 9.17) is 10.00 Å². The number of para-hydroxylation sites is 1. The van der Waals surface area contributed by atoms with Gasteiger partial charge in [0.05, 0.1) is 18.4 Å². The molecule has 0 aliphatic rings. The van der Waals surface area contributed by atoms with Gasteiger partial charge in [-0.2, -0.15) is 5.26 Å². The van der Waals surface area contributed by atoms with Crippen molar-refractivity contribution in [2.24, 2.45) is 0 Å². The van der Waals surface area contributed by atoms with Crippen LogP contribution in [0, 0.1) is 11.3 Å². The average molecular weight is 239 g/mol. The number of hydrogen-bond donors (Lipinski definition) is 1. The molecular weight excluding hydrogens is 226 g/mol. The van der Waals surface area contributed by atoms with Gasteiger partial charge in [-0.1, -0.05) is 6.07 Å². The highest BCUT2D eigenvalue weighted by atomic mass is 16.5. The van der Waals surface area contributed by atoms with Crippen molar-refractivity contribution >= 4 is 5.69 Å². The molecule has 1 aromatic heterocycles. The van der Waals surface area contributed by atoms with Crippen LogP contribution in [0.15, 0.2) is 42.7 Å². The van der Waals surface area contributed by atoms with Crippen LogP contribution in [-0.2, 0) is 6.54 Å². The molecule has 4 nitrogen and oxygen atoms in total. The standard InChI is InChI=1S/C14H13N3O/c1-18-13-4-2-3-12(9-15)14(13)17-10-11-5-7-16-8-6-11/h2-8,17H,10H2,1H3. The maximum atomic E-state index is 9.08. The van der Waals surface area contributed by atoms with Gasteiger partial charge in [-0.25, -0.2) is 0 Å². The van der Waals surface area contributed by atoms with E-state index in [1.54, 1.807) is 31.6 Å². The largest absolute Gasteiger partial charge is 0.495 e. The van der Waals surface area contributed by atoms with E-state index in [9.17, 15) is 0 Å². The van der Waals surface area contributed by atoms with Gasteiger partial charge < -0.3 is 10.1 Å². The quantitative estimate of drug-likeness (QED) is 0.890. The zero-order valence-electron chi connectivity index (χ0n) is 10.1. The summed E-state index contributed by atoms with van der Waals surface area (Å²) in [5.41, 5.74) is 2.39. The third kappa shape index (κ3) is 2.58. The van der Waals surface area contributed by atoms with E-state index in [1.807, 2.05) is 18.2 Å². The Kier molecular flexibility index (Phi) is 3.77. The molecule has 0 spiro atoms. The van der Waals surface area contributed by atoms with Gasteiger partial charge in [0, 0.05) is 18.9 Å². The number of methoxy groups -OCH3 is 1. The molecule has 0 saturated heterocycles. The minimum atomic E-state index is 0.573. The van der Waals surface area contributed by atoms with Crippen LogP contribution in [0.3, 0.4) is 0 Å². The van der Waals surface area contributed by atoms with E-state index in [1.165, 1.54) is 0 Å². The summed E-state index contributed by atoms with van der Waals surface area (Å²) >= 11 is 0. The molecule has 0 bridgehead atoms. The Morgan fingerprint density at radius 2 is 2.06 bits per heavy atom. The van der Waals surface area contributed by atoms with Crippen molar-refractivity contribution in [2.75, 3.05) is 12.4 Å². The van der Waals surface area contributed by atoms with Crippen LogP contribution in [0.5, 0.6) is 5.75 Å². The molecule has 1 aromatic carbocycles. The van der Waals surface area contributed by atoms with E-state index in [-0.39, 0.29) is 0 Å². The predicted molar refractivity (Wildman–Crippen MR) is 69.3 cm³/mol. The van der Waals surface area contributed by atoms with Crippen molar-refractivity contribution in [1.82, 2.24) is 4.98 Å². The maximum absolute atomic E-state index is 9.08. The molecule has 0 radical (unpaired) electrons. The van der Waals surface area contributed by atoms with Crippen LogP contribution < -0.4 is 10.1 Å². The molecule has 1 heterocycles. The molecule has 90 valence electrons. The number of benzene rings is 1. The van der Waals surface area contributed by atoms with Crippen molar-refractivity contribution in [3.63, 3.8) is 0 Å². The molecule has 0 aliphatic heterocycles. The number of pyridine rings is 1. The number of aromatic nitrogens is 1. The zero-order chi connectivity index (χ0) is 12.8. The Hall–Kier alpha value is -2.54. The van der Waals surface area contributed by atoms with Crippen LogP contribution >= 0.6 is 0 Å². The number of anilines is 1. The van der Waals surface area contributed by atoms with E-state index < -0.39 is 0 Å². The molecular formula is C14H13N3O. The lowest BCUT2D eigenvalue weighted by Gasteiger charge is -2.12. The monoisotopic (exact) mass is 239 g/mol. The SMILES string of the molecule is COc1cccc(C#N)c1NCc1ccncc1. The fraction of sp³-hybridized carbons (Fsp3) is 0.143. The molecule has 2 rings (SSSR count). The smallest absolute Gasteiger partial charge is 0.143 e. The average Bonchev–Trinajstić information content (AvgIpc) is 2.45. The maximum Gasteiger partial charge on any atom is 0.143 e. The van der Waals surface area contributed by atoms with Crippen LogP contribution in [0.2, 0.25) is 0 Å². The minimum Gasteiger partial charge on any atom is -0.495 e. The van der Waals surface area contributed by atoms with Crippen LogP contribution in [0.25, 0.3) is 0 Å². The fourth-order valence-corrected chi connectivity index (χ4v) is 1.67. The molecule has 18 heavy (non-hydrogen) atoms. The van der Waals surface area contributed by atoms with E-state index in [0.29, 0.717) is 17.9 Å². The predicted octanol–water partition coefficient (Wildman–Crippen LogP) is 2.57. The fourth-order valence-electron chi connectivity index (χ4n) is 1.67. The lowest BCUT2D eigenvalue weighted by Crippen LogP contribution is -2.03. The van der Waals surface area contributed by atoms with Gasteiger partial charge >= 0.3 is 0 Å². The molecule has 0 unspecified atom stereocenters. The second-order valence-electron chi connectivity index (χ2n) is 3.70. The summed E-state index contributed by atoms with van der Waals surface area (Å²) < 4.78 is 5.25. The van der Waals surface area contributed by atoms with Crippen LogP contribution in [0.4, 0.5) is 5.69 Å². The number of ether oxygens (including phenoxy) is 1. The first kappa shape index (κ1) is 11.9. The Morgan fingerprint density at radius 1 is 1.28 bits per heavy atom. The van der Waals surface area contributed by atoms with Crippen molar-refractivity contribution < 1.29 is 4.74 Å². The van der Waals surface area contributed by atoms with E-state index >= 15 is 0 Å². The minimum absolute atomic E-state index is 0.573. The summed E-state index contributed by atoms with van der Waals surface area (Å²) in [5.74, 6) is 0.670. The van der Waals surface area contributed by atoms with Gasteiger partial charge in [0.2, 0.25) is 0 Å². The first-order valence-corrected chi connectivity index (χ1v) is 5.55. The molecule has 0 saturated carbocycles. The number of rotatable bonds is 4. The van der Waals surface area contributed by atoms with Crippen molar-refractivity contribution in [1.29, 1.82) is 5.26 Å². The summed E-state index contributed by atoms with van der Waals surface area (Å²) in [6.45, 7) is 0.623. The molecule has 1 N–H and O–H groups in total. The number of nitrogens with one attached hydrogen (secondary N) is 1. The number of nitrogens with zero attached hydrogens (tertiary/aromatic N) is 2. The lowest BCUT2D eigenvalue weighted by atomic mass is 10.1. The zero-order valence-corrected chi connectivity index (χ0v) is 10.1. The molecule has 0 fully saturated rings. The van der Waals surface area contributed by atoms with Crippen LogP contribution in [0.1, 0.15) is 11.1 Å². The van der Waals surface area contributed by atoms with Crippen LogP contribution in [-0.4, -0.2) is 12.1 Å².